The second-order valence-corrected chi connectivity index (χ2v) is 7.06. The van der Waals surface area contributed by atoms with Crippen LogP contribution in [0.2, 0.25) is 0 Å². The van der Waals surface area contributed by atoms with Crippen LogP contribution in [0, 0.1) is 0 Å². The van der Waals surface area contributed by atoms with E-state index in [1.54, 1.807) is 44.6 Å². The highest BCUT2D eigenvalue weighted by Crippen LogP contribution is 2.25. The number of hydrogen-bond donors (Lipinski definition) is 1. The molecule has 1 aromatic heterocycles. The largest absolute Gasteiger partial charge is 0.497 e. The minimum Gasteiger partial charge on any atom is -0.497 e. The minimum atomic E-state index is -0.249. The molecule has 8 nitrogen and oxygen atoms in total. The molecule has 1 heterocycles. The van der Waals surface area contributed by atoms with Gasteiger partial charge >= 0.3 is 0 Å². The first-order valence-electron chi connectivity index (χ1n) is 10.3. The van der Waals surface area contributed by atoms with Crippen LogP contribution in [0.15, 0.2) is 77.3 Å². The number of methoxy groups -OCH3 is 2. The zero-order chi connectivity index (χ0) is 23.0. The molecule has 3 aromatic carbocycles. The lowest BCUT2D eigenvalue weighted by Crippen LogP contribution is -2.28. The maximum atomic E-state index is 12.2. The monoisotopic (exact) mass is 445 g/mol. The highest BCUT2D eigenvalue weighted by atomic mass is 16.5. The van der Waals surface area contributed by atoms with Crippen molar-refractivity contribution in [3.05, 3.63) is 78.4 Å². The number of ether oxygens (including phenoxy) is 3. The zero-order valence-electron chi connectivity index (χ0n) is 18.3. The summed E-state index contributed by atoms with van der Waals surface area (Å²) >= 11 is 0. The Hall–Kier alpha value is -4.33. The number of nitrogens with zero attached hydrogens (tertiary/aromatic N) is 2. The molecule has 0 aliphatic rings. The molecule has 0 atom stereocenters. The van der Waals surface area contributed by atoms with E-state index in [4.69, 9.17) is 18.7 Å². The van der Waals surface area contributed by atoms with Gasteiger partial charge in [-0.1, -0.05) is 35.5 Å². The Morgan fingerprint density at radius 3 is 2.39 bits per heavy atom. The Morgan fingerprint density at radius 1 is 0.909 bits per heavy atom. The van der Waals surface area contributed by atoms with Gasteiger partial charge in [-0.15, -0.1) is 0 Å². The number of amides is 1. The number of nitrogens with one attached hydrogen (secondary N) is 1. The predicted molar refractivity (Wildman–Crippen MR) is 122 cm³/mol. The third-order valence-electron chi connectivity index (χ3n) is 4.90. The van der Waals surface area contributed by atoms with Crippen molar-refractivity contribution in [3.8, 4) is 40.1 Å². The molecule has 0 fully saturated rings. The zero-order valence-corrected chi connectivity index (χ0v) is 18.3. The molecule has 168 valence electrons. The van der Waals surface area contributed by atoms with Gasteiger partial charge in [-0.25, -0.2) is 0 Å². The quantitative estimate of drug-likeness (QED) is 0.414. The second-order valence-electron chi connectivity index (χ2n) is 7.06. The van der Waals surface area contributed by atoms with Gasteiger partial charge in [0, 0.05) is 29.3 Å². The molecule has 1 N–H and O–H groups in total. The maximum Gasteiger partial charge on any atom is 0.258 e. The van der Waals surface area contributed by atoms with Crippen LogP contribution >= 0.6 is 0 Å². The van der Waals surface area contributed by atoms with E-state index < -0.39 is 0 Å². The predicted octanol–water partition coefficient (Wildman–Crippen LogP) is 4.12. The number of carbonyl (C=O) groups excluding carboxylic acids is 1. The molecule has 0 aliphatic carbocycles. The molecule has 0 aliphatic heterocycles. The first kappa shape index (κ1) is 21.9. The summed E-state index contributed by atoms with van der Waals surface area (Å²) in [6, 6.07) is 22.1. The Kier molecular flexibility index (Phi) is 6.84. The van der Waals surface area contributed by atoms with Crippen molar-refractivity contribution in [1.82, 2.24) is 15.5 Å². The van der Waals surface area contributed by atoms with E-state index in [1.807, 2.05) is 42.5 Å². The van der Waals surface area contributed by atoms with Gasteiger partial charge in [0.2, 0.25) is 5.82 Å². The SMILES string of the molecule is COc1ccc(CNC(=O)COc2ccc(-c3nc(-c4ccccc4)no3)cc2)c(OC)c1. The average molecular weight is 445 g/mol. The van der Waals surface area contributed by atoms with Crippen molar-refractivity contribution < 1.29 is 23.5 Å². The van der Waals surface area contributed by atoms with Crippen LogP contribution in [0.25, 0.3) is 22.8 Å². The lowest BCUT2D eigenvalue weighted by molar-refractivity contribution is -0.123. The lowest BCUT2D eigenvalue weighted by atomic mass is 10.2. The molecule has 4 rings (SSSR count). The fourth-order valence-electron chi connectivity index (χ4n) is 3.13. The van der Waals surface area contributed by atoms with E-state index in [-0.39, 0.29) is 12.5 Å². The molecule has 4 aromatic rings. The highest BCUT2D eigenvalue weighted by molar-refractivity contribution is 5.77. The molecule has 1 amide bonds. The van der Waals surface area contributed by atoms with E-state index in [9.17, 15) is 4.79 Å². The van der Waals surface area contributed by atoms with Crippen LogP contribution in [-0.2, 0) is 11.3 Å². The summed E-state index contributed by atoms with van der Waals surface area (Å²) in [4.78, 5) is 16.6. The number of carbonyl (C=O) groups is 1. The Bertz CT molecular complexity index is 1210. The number of rotatable bonds is 9. The van der Waals surface area contributed by atoms with Gasteiger partial charge in [0.25, 0.3) is 11.8 Å². The highest BCUT2D eigenvalue weighted by Gasteiger charge is 2.11. The van der Waals surface area contributed by atoms with E-state index in [0.717, 1.165) is 16.7 Å². The Labute approximate surface area is 191 Å². The van der Waals surface area contributed by atoms with Crippen LogP contribution in [0.4, 0.5) is 0 Å². The van der Waals surface area contributed by atoms with E-state index >= 15 is 0 Å². The molecule has 33 heavy (non-hydrogen) atoms. The van der Waals surface area contributed by atoms with Crippen LogP contribution in [0.5, 0.6) is 17.2 Å². The summed E-state index contributed by atoms with van der Waals surface area (Å²) in [5, 5.41) is 6.84. The van der Waals surface area contributed by atoms with Gasteiger partial charge in [-0.3, -0.25) is 4.79 Å². The van der Waals surface area contributed by atoms with Crippen LogP contribution in [0.1, 0.15) is 5.56 Å². The molecule has 0 unspecified atom stereocenters. The van der Waals surface area contributed by atoms with Crippen LogP contribution in [0.3, 0.4) is 0 Å². The fourth-order valence-corrected chi connectivity index (χ4v) is 3.13. The van der Waals surface area contributed by atoms with Gasteiger partial charge < -0.3 is 24.1 Å². The maximum absolute atomic E-state index is 12.2. The molecule has 0 bridgehead atoms. The summed E-state index contributed by atoms with van der Waals surface area (Å²) in [7, 11) is 3.16. The molecule has 0 radical (unpaired) electrons. The molecule has 0 saturated carbocycles. The van der Waals surface area contributed by atoms with Crippen LogP contribution < -0.4 is 19.5 Å². The van der Waals surface area contributed by atoms with Crippen molar-refractivity contribution in [2.75, 3.05) is 20.8 Å². The van der Waals surface area contributed by atoms with Crippen molar-refractivity contribution in [2.45, 2.75) is 6.54 Å². The van der Waals surface area contributed by atoms with Crippen molar-refractivity contribution in [1.29, 1.82) is 0 Å². The minimum absolute atomic E-state index is 0.115. The Morgan fingerprint density at radius 2 is 1.67 bits per heavy atom. The van der Waals surface area contributed by atoms with Crippen molar-refractivity contribution in [3.63, 3.8) is 0 Å². The van der Waals surface area contributed by atoms with Gasteiger partial charge in [0.1, 0.15) is 17.2 Å². The van der Waals surface area contributed by atoms with E-state index in [2.05, 4.69) is 15.5 Å². The lowest BCUT2D eigenvalue weighted by Gasteiger charge is -2.12. The van der Waals surface area contributed by atoms with Crippen LogP contribution in [-0.4, -0.2) is 36.9 Å². The van der Waals surface area contributed by atoms with E-state index in [1.165, 1.54) is 0 Å². The average Bonchev–Trinajstić information content (AvgIpc) is 3.37. The third kappa shape index (κ3) is 5.48. The summed E-state index contributed by atoms with van der Waals surface area (Å²) < 4.78 is 21.5. The summed E-state index contributed by atoms with van der Waals surface area (Å²) in [5.74, 6) is 2.57. The normalized spacial score (nSPS) is 10.5. The topological polar surface area (TPSA) is 95.7 Å². The molecular weight excluding hydrogens is 422 g/mol. The second kappa shape index (κ2) is 10.3. The fraction of sp³-hybridized carbons (Fsp3) is 0.160. The van der Waals surface area contributed by atoms with Gasteiger partial charge in [-0.2, -0.15) is 4.98 Å². The first-order valence-corrected chi connectivity index (χ1v) is 10.3. The van der Waals surface area contributed by atoms with E-state index in [0.29, 0.717) is 35.5 Å². The van der Waals surface area contributed by atoms with Crippen molar-refractivity contribution in [2.24, 2.45) is 0 Å². The van der Waals surface area contributed by atoms with Gasteiger partial charge in [0.15, 0.2) is 6.61 Å². The molecule has 0 saturated heterocycles. The smallest absolute Gasteiger partial charge is 0.258 e. The summed E-state index contributed by atoms with van der Waals surface area (Å²) in [5.41, 5.74) is 2.48. The number of hydrogen-bond acceptors (Lipinski definition) is 7. The molecule has 0 spiro atoms. The first-order chi connectivity index (χ1) is 16.2. The standard InChI is InChI=1S/C25H23N3O5/c1-30-21-13-10-19(22(14-21)31-2)15-26-23(29)16-32-20-11-8-18(9-12-20)25-27-24(28-33-25)17-6-4-3-5-7-17/h3-14H,15-16H2,1-2H3,(H,26,29). The van der Waals surface area contributed by atoms with Gasteiger partial charge in [-0.05, 0) is 36.4 Å². The summed E-state index contributed by atoms with van der Waals surface area (Å²) in [6.45, 7) is 0.200. The number of benzene rings is 3. The molecule has 8 heteroatoms. The molecular formula is C25H23N3O5. The Balaban J connectivity index is 1.30. The third-order valence-corrected chi connectivity index (χ3v) is 4.90. The van der Waals surface area contributed by atoms with Crippen molar-refractivity contribution >= 4 is 5.91 Å². The summed E-state index contributed by atoms with van der Waals surface area (Å²) in [6.07, 6.45) is 0. The van der Waals surface area contributed by atoms with Gasteiger partial charge in [0.05, 0.1) is 14.2 Å². The number of aromatic nitrogens is 2.